The molecule has 5 rings (SSSR count). The lowest BCUT2D eigenvalue weighted by molar-refractivity contribution is -0.136. The molecule has 0 aliphatic carbocycles. The van der Waals surface area contributed by atoms with Crippen LogP contribution in [0.1, 0.15) is 39.5 Å². The summed E-state index contributed by atoms with van der Waals surface area (Å²) in [6.07, 6.45) is 0.909. The van der Waals surface area contributed by atoms with Gasteiger partial charge in [-0.15, -0.1) is 0 Å². The number of amides is 3. The standard InChI is InChI=1S/C30H30ClN3O4/c1-19-11-12-26(35)23(15-19)29(37)34-14-13-21-17-33(18-25(21)34)30(38)28(22-9-5-6-10-24(22)31)32-27(36)16-20-7-3-2-4-8-20/h2-12,15,21,25,28,35H,13-14,16-18H2,1H3,(H,32,36)/t21-,25+,28+/m0/s1. The minimum absolute atomic E-state index is 0.0464. The van der Waals surface area contributed by atoms with Crippen LogP contribution in [-0.4, -0.2) is 58.3 Å². The van der Waals surface area contributed by atoms with E-state index in [0.29, 0.717) is 30.2 Å². The minimum atomic E-state index is -0.941. The Balaban J connectivity index is 1.34. The lowest BCUT2D eigenvalue weighted by Gasteiger charge is -2.28. The van der Waals surface area contributed by atoms with E-state index in [1.807, 2.05) is 37.3 Å². The largest absolute Gasteiger partial charge is 0.507 e. The third-order valence-electron chi connectivity index (χ3n) is 7.48. The number of phenolic OH excluding ortho intramolecular Hbond substituents is 1. The quantitative estimate of drug-likeness (QED) is 0.500. The zero-order valence-corrected chi connectivity index (χ0v) is 21.9. The number of benzene rings is 3. The maximum atomic E-state index is 13.9. The molecule has 2 saturated heterocycles. The molecule has 2 heterocycles. The Morgan fingerprint density at radius 1 is 1.03 bits per heavy atom. The summed E-state index contributed by atoms with van der Waals surface area (Å²) in [5.74, 6) is -0.677. The van der Waals surface area contributed by atoms with Gasteiger partial charge in [0.1, 0.15) is 11.8 Å². The summed E-state index contributed by atoms with van der Waals surface area (Å²) < 4.78 is 0. The molecule has 3 aromatic rings. The molecular weight excluding hydrogens is 502 g/mol. The Bertz CT molecular complexity index is 1360. The number of aryl methyl sites for hydroxylation is 1. The first-order valence-electron chi connectivity index (χ1n) is 12.8. The Hall–Kier alpha value is -3.84. The van der Waals surface area contributed by atoms with Crippen LogP contribution in [0.4, 0.5) is 0 Å². The molecule has 2 aliphatic heterocycles. The van der Waals surface area contributed by atoms with Crippen molar-refractivity contribution in [2.24, 2.45) is 5.92 Å². The van der Waals surface area contributed by atoms with Crippen LogP contribution in [0.2, 0.25) is 5.02 Å². The molecule has 2 aliphatic rings. The number of nitrogens with zero attached hydrogens (tertiary/aromatic N) is 2. The molecule has 2 fully saturated rings. The number of rotatable bonds is 6. The van der Waals surface area contributed by atoms with E-state index in [-0.39, 0.29) is 47.4 Å². The number of carbonyl (C=O) groups excluding carboxylic acids is 3. The molecule has 2 N–H and O–H groups in total. The molecular formula is C30H30ClN3O4. The van der Waals surface area contributed by atoms with Crippen molar-refractivity contribution in [3.8, 4) is 5.75 Å². The lowest BCUT2D eigenvalue weighted by atomic mass is 10.0. The molecule has 0 spiro atoms. The van der Waals surface area contributed by atoms with E-state index in [1.54, 1.807) is 46.2 Å². The fourth-order valence-electron chi connectivity index (χ4n) is 5.53. The van der Waals surface area contributed by atoms with Gasteiger partial charge in [-0.05, 0) is 37.1 Å². The van der Waals surface area contributed by atoms with Gasteiger partial charge >= 0.3 is 0 Å². The number of likely N-dealkylation sites (tertiary alicyclic amines) is 2. The summed E-state index contributed by atoms with van der Waals surface area (Å²) in [6.45, 7) is 3.30. The van der Waals surface area contributed by atoms with Crippen LogP contribution in [0.15, 0.2) is 72.8 Å². The monoisotopic (exact) mass is 531 g/mol. The predicted molar refractivity (Wildman–Crippen MR) is 145 cm³/mol. The molecule has 196 valence electrons. The normalized spacial score (nSPS) is 19.2. The summed E-state index contributed by atoms with van der Waals surface area (Å²) in [4.78, 5) is 43.7. The van der Waals surface area contributed by atoms with Crippen molar-refractivity contribution in [1.29, 1.82) is 0 Å². The first-order chi connectivity index (χ1) is 18.3. The van der Waals surface area contributed by atoms with Crippen LogP contribution >= 0.6 is 11.6 Å². The Kier molecular flexibility index (Phi) is 7.38. The first kappa shape index (κ1) is 25.8. The summed E-state index contributed by atoms with van der Waals surface area (Å²) in [5.41, 5.74) is 2.55. The number of hydrogen-bond donors (Lipinski definition) is 2. The van der Waals surface area contributed by atoms with Crippen LogP contribution in [0.3, 0.4) is 0 Å². The molecule has 3 aromatic carbocycles. The predicted octanol–water partition coefficient (Wildman–Crippen LogP) is 4.13. The van der Waals surface area contributed by atoms with Gasteiger partial charge in [-0.3, -0.25) is 14.4 Å². The summed E-state index contributed by atoms with van der Waals surface area (Å²) in [6, 6.07) is 20.3. The number of halogens is 1. The van der Waals surface area contributed by atoms with Gasteiger partial charge in [0.25, 0.3) is 5.91 Å². The van der Waals surface area contributed by atoms with E-state index < -0.39 is 6.04 Å². The minimum Gasteiger partial charge on any atom is -0.507 e. The highest BCUT2D eigenvalue weighted by Crippen LogP contribution is 2.35. The van der Waals surface area contributed by atoms with Crippen molar-refractivity contribution < 1.29 is 19.5 Å². The molecule has 0 bridgehead atoms. The van der Waals surface area contributed by atoms with Crippen molar-refractivity contribution in [1.82, 2.24) is 15.1 Å². The van der Waals surface area contributed by atoms with Gasteiger partial charge in [-0.25, -0.2) is 0 Å². The van der Waals surface area contributed by atoms with Gasteiger partial charge in [-0.2, -0.15) is 0 Å². The smallest absolute Gasteiger partial charge is 0.257 e. The molecule has 0 saturated carbocycles. The van der Waals surface area contributed by atoms with Crippen LogP contribution in [0.5, 0.6) is 5.75 Å². The lowest BCUT2D eigenvalue weighted by Crippen LogP contribution is -2.45. The zero-order valence-electron chi connectivity index (χ0n) is 21.1. The second-order valence-corrected chi connectivity index (χ2v) is 10.5. The highest BCUT2D eigenvalue weighted by molar-refractivity contribution is 6.31. The summed E-state index contributed by atoms with van der Waals surface area (Å²) >= 11 is 6.47. The number of nitrogens with one attached hydrogen (secondary N) is 1. The van der Waals surface area contributed by atoms with Gasteiger partial charge < -0.3 is 20.2 Å². The van der Waals surface area contributed by atoms with Gasteiger partial charge in [0.2, 0.25) is 11.8 Å². The molecule has 0 aromatic heterocycles. The zero-order chi connectivity index (χ0) is 26.8. The molecule has 8 heteroatoms. The third-order valence-corrected chi connectivity index (χ3v) is 7.82. The molecule has 3 atom stereocenters. The Morgan fingerprint density at radius 3 is 2.53 bits per heavy atom. The summed E-state index contributed by atoms with van der Waals surface area (Å²) in [5, 5.41) is 13.6. The third kappa shape index (κ3) is 5.24. The van der Waals surface area contributed by atoms with Crippen molar-refractivity contribution >= 4 is 29.3 Å². The van der Waals surface area contributed by atoms with Crippen LogP contribution in [0.25, 0.3) is 0 Å². The number of carbonyl (C=O) groups is 3. The van der Waals surface area contributed by atoms with Crippen LogP contribution < -0.4 is 5.32 Å². The molecule has 38 heavy (non-hydrogen) atoms. The van der Waals surface area contributed by atoms with E-state index in [9.17, 15) is 19.5 Å². The van der Waals surface area contributed by atoms with Crippen molar-refractivity contribution in [2.45, 2.75) is 31.8 Å². The maximum absolute atomic E-state index is 13.9. The van der Waals surface area contributed by atoms with E-state index in [2.05, 4.69) is 5.32 Å². The SMILES string of the molecule is Cc1ccc(O)c(C(=O)N2CC[C@H]3CN(C(=O)[C@H](NC(=O)Cc4ccccc4)c4ccccc4Cl)C[C@H]32)c1. The first-order valence-corrected chi connectivity index (χ1v) is 13.2. The molecule has 3 amide bonds. The van der Waals surface area contributed by atoms with E-state index in [0.717, 1.165) is 17.5 Å². The van der Waals surface area contributed by atoms with E-state index in [1.165, 1.54) is 6.07 Å². The van der Waals surface area contributed by atoms with E-state index in [4.69, 9.17) is 11.6 Å². The van der Waals surface area contributed by atoms with Gasteiger partial charge in [0.05, 0.1) is 18.0 Å². The van der Waals surface area contributed by atoms with Gasteiger partial charge in [0.15, 0.2) is 0 Å². The van der Waals surface area contributed by atoms with Crippen molar-refractivity contribution in [3.05, 3.63) is 100 Å². The van der Waals surface area contributed by atoms with E-state index >= 15 is 0 Å². The average Bonchev–Trinajstić information content (AvgIpc) is 3.50. The van der Waals surface area contributed by atoms with Gasteiger partial charge in [-0.1, -0.05) is 71.8 Å². The second kappa shape index (κ2) is 10.9. The summed E-state index contributed by atoms with van der Waals surface area (Å²) in [7, 11) is 0. The van der Waals surface area contributed by atoms with Crippen molar-refractivity contribution in [3.63, 3.8) is 0 Å². The molecule has 0 unspecified atom stereocenters. The number of fused-ring (bicyclic) bond motifs is 1. The maximum Gasteiger partial charge on any atom is 0.257 e. The highest BCUT2D eigenvalue weighted by Gasteiger charge is 2.46. The number of phenols is 1. The fourth-order valence-corrected chi connectivity index (χ4v) is 5.77. The second-order valence-electron chi connectivity index (χ2n) is 10.1. The number of aromatic hydroxyl groups is 1. The van der Waals surface area contributed by atoms with Crippen molar-refractivity contribution in [2.75, 3.05) is 19.6 Å². The molecule has 0 radical (unpaired) electrons. The van der Waals surface area contributed by atoms with Crippen LogP contribution in [-0.2, 0) is 16.0 Å². The van der Waals surface area contributed by atoms with Gasteiger partial charge in [0, 0.05) is 36.1 Å². The topological polar surface area (TPSA) is 89.9 Å². The number of hydrogen-bond acceptors (Lipinski definition) is 4. The average molecular weight is 532 g/mol. The molecule has 7 nitrogen and oxygen atoms in total. The Labute approximate surface area is 227 Å². The Morgan fingerprint density at radius 2 is 1.76 bits per heavy atom. The highest BCUT2D eigenvalue weighted by atomic mass is 35.5. The fraction of sp³-hybridized carbons (Fsp3) is 0.300. The van der Waals surface area contributed by atoms with Crippen LogP contribution in [0, 0.1) is 12.8 Å².